The highest BCUT2D eigenvalue weighted by Gasteiger charge is 2.10. The third-order valence-corrected chi connectivity index (χ3v) is 3.47. The van der Waals surface area contributed by atoms with Crippen LogP contribution in [0.15, 0.2) is 22.7 Å². The van der Waals surface area contributed by atoms with E-state index < -0.39 is 0 Å². The van der Waals surface area contributed by atoms with E-state index in [9.17, 15) is 9.59 Å². The molecular weight excluding hydrogens is 336 g/mol. The first-order chi connectivity index (χ1) is 9.92. The standard InChI is InChI=1S/C15H21BrN2O3/c1-4-21-15(20)7-8-18(3)10-14(19)17-13-6-5-11(2)9-12(13)16/h5-6,9H,4,7-8,10H2,1-3H3,(H,17,19). The summed E-state index contributed by atoms with van der Waals surface area (Å²) >= 11 is 3.42. The number of hydrogen-bond acceptors (Lipinski definition) is 4. The van der Waals surface area contributed by atoms with Gasteiger partial charge in [0.2, 0.25) is 5.91 Å². The number of nitrogens with zero attached hydrogens (tertiary/aromatic N) is 1. The van der Waals surface area contributed by atoms with Crippen molar-refractivity contribution in [1.82, 2.24) is 4.90 Å². The van der Waals surface area contributed by atoms with Gasteiger partial charge in [-0.3, -0.25) is 14.5 Å². The third kappa shape index (κ3) is 6.73. The lowest BCUT2D eigenvalue weighted by Gasteiger charge is -2.16. The summed E-state index contributed by atoms with van der Waals surface area (Å²) in [6.07, 6.45) is 0.284. The average molecular weight is 357 g/mol. The van der Waals surface area contributed by atoms with Gasteiger partial charge in [-0.05, 0) is 54.5 Å². The molecule has 0 atom stereocenters. The van der Waals surface area contributed by atoms with Gasteiger partial charge in [-0.25, -0.2) is 0 Å². The minimum absolute atomic E-state index is 0.120. The summed E-state index contributed by atoms with van der Waals surface area (Å²) in [7, 11) is 1.79. The molecule has 1 aromatic carbocycles. The van der Waals surface area contributed by atoms with Crippen molar-refractivity contribution in [3.05, 3.63) is 28.2 Å². The second kappa shape index (κ2) is 8.79. The zero-order valence-corrected chi connectivity index (χ0v) is 14.2. The van der Waals surface area contributed by atoms with Crippen molar-refractivity contribution >= 4 is 33.5 Å². The normalized spacial score (nSPS) is 10.5. The molecule has 0 heterocycles. The van der Waals surface area contributed by atoms with Gasteiger partial charge < -0.3 is 10.1 Å². The van der Waals surface area contributed by atoms with Crippen LogP contribution >= 0.6 is 15.9 Å². The molecule has 0 fully saturated rings. The molecule has 0 saturated heterocycles. The maximum atomic E-state index is 11.9. The Balaban J connectivity index is 2.40. The smallest absolute Gasteiger partial charge is 0.307 e. The van der Waals surface area contributed by atoms with Gasteiger partial charge in [0.15, 0.2) is 0 Å². The van der Waals surface area contributed by atoms with E-state index in [0.717, 1.165) is 15.7 Å². The number of nitrogens with one attached hydrogen (secondary N) is 1. The van der Waals surface area contributed by atoms with Gasteiger partial charge in [0.25, 0.3) is 0 Å². The van der Waals surface area contributed by atoms with Gasteiger partial charge in [0, 0.05) is 11.0 Å². The number of carbonyl (C=O) groups excluding carboxylic acids is 2. The fourth-order valence-corrected chi connectivity index (χ4v) is 2.34. The third-order valence-electron chi connectivity index (χ3n) is 2.82. The molecule has 0 bridgehead atoms. The molecule has 0 spiro atoms. The first-order valence-electron chi connectivity index (χ1n) is 6.82. The maximum Gasteiger partial charge on any atom is 0.307 e. The Kier molecular flexibility index (Phi) is 7.39. The van der Waals surface area contributed by atoms with Crippen molar-refractivity contribution in [2.45, 2.75) is 20.3 Å². The molecule has 1 aromatic rings. The lowest BCUT2D eigenvalue weighted by Crippen LogP contribution is -2.32. The summed E-state index contributed by atoms with van der Waals surface area (Å²) in [4.78, 5) is 25.0. The van der Waals surface area contributed by atoms with Crippen molar-refractivity contribution in [3.8, 4) is 0 Å². The largest absolute Gasteiger partial charge is 0.466 e. The molecule has 0 saturated carbocycles. The number of amides is 1. The Morgan fingerprint density at radius 3 is 2.71 bits per heavy atom. The van der Waals surface area contributed by atoms with E-state index in [-0.39, 0.29) is 24.8 Å². The molecule has 6 heteroatoms. The SMILES string of the molecule is CCOC(=O)CCN(C)CC(=O)Nc1ccc(C)cc1Br. The van der Waals surface area contributed by atoms with Crippen LogP contribution in [0, 0.1) is 6.92 Å². The van der Waals surface area contributed by atoms with Crippen LogP contribution in [0.1, 0.15) is 18.9 Å². The molecule has 0 unspecified atom stereocenters. The minimum atomic E-state index is -0.244. The minimum Gasteiger partial charge on any atom is -0.466 e. The van der Waals surface area contributed by atoms with Gasteiger partial charge >= 0.3 is 5.97 Å². The topological polar surface area (TPSA) is 58.6 Å². The van der Waals surface area contributed by atoms with Crippen LogP contribution < -0.4 is 5.32 Å². The Bertz CT molecular complexity index is 506. The summed E-state index contributed by atoms with van der Waals surface area (Å²) in [5.41, 5.74) is 1.86. The van der Waals surface area contributed by atoms with Crippen LogP contribution in [0.4, 0.5) is 5.69 Å². The molecule has 5 nitrogen and oxygen atoms in total. The van der Waals surface area contributed by atoms with E-state index in [1.54, 1.807) is 18.9 Å². The fraction of sp³-hybridized carbons (Fsp3) is 0.467. The maximum absolute atomic E-state index is 11.9. The van der Waals surface area contributed by atoms with Crippen LogP contribution in [0.25, 0.3) is 0 Å². The molecule has 0 aliphatic rings. The van der Waals surface area contributed by atoms with E-state index >= 15 is 0 Å². The van der Waals surface area contributed by atoms with Gasteiger partial charge in [-0.15, -0.1) is 0 Å². The first-order valence-corrected chi connectivity index (χ1v) is 7.61. The molecular formula is C15H21BrN2O3. The van der Waals surface area contributed by atoms with Crippen molar-refractivity contribution in [2.75, 3.05) is 32.1 Å². The summed E-state index contributed by atoms with van der Waals surface area (Å²) in [6.45, 7) is 4.85. The number of anilines is 1. The van der Waals surface area contributed by atoms with E-state index in [2.05, 4.69) is 21.2 Å². The number of halogens is 1. The van der Waals surface area contributed by atoms with Crippen LogP contribution in [0.5, 0.6) is 0 Å². The van der Waals surface area contributed by atoms with Crippen LogP contribution in [0.2, 0.25) is 0 Å². The Hall–Kier alpha value is -1.40. The summed E-state index contributed by atoms with van der Waals surface area (Å²) in [5, 5.41) is 2.84. The Labute approximate surface area is 133 Å². The zero-order chi connectivity index (χ0) is 15.8. The lowest BCUT2D eigenvalue weighted by molar-refractivity contribution is -0.143. The number of aryl methyl sites for hydroxylation is 1. The Morgan fingerprint density at radius 2 is 2.10 bits per heavy atom. The number of likely N-dealkylation sites (N-methyl/N-ethyl adjacent to an activating group) is 1. The first kappa shape index (κ1) is 17.7. The average Bonchev–Trinajstić information content (AvgIpc) is 2.40. The van der Waals surface area contributed by atoms with E-state index in [1.165, 1.54) is 0 Å². The quantitative estimate of drug-likeness (QED) is 0.762. The number of esters is 1. The van der Waals surface area contributed by atoms with Gasteiger partial charge in [0.05, 0.1) is 25.3 Å². The monoisotopic (exact) mass is 356 g/mol. The number of carbonyl (C=O) groups is 2. The van der Waals surface area contributed by atoms with Crippen molar-refractivity contribution in [3.63, 3.8) is 0 Å². The van der Waals surface area contributed by atoms with Crippen LogP contribution in [0.3, 0.4) is 0 Å². The van der Waals surface area contributed by atoms with Crippen molar-refractivity contribution < 1.29 is 14.3 Å². The molecule has 1 rings (SSSR count). The highest BCUT2D eigenvalue weighted by Crippen LogP contribution is 2.23. The number of benzene rings is 1. The molecule has 0 radical (unpaired) electrons. The Morgan fingerprint density at radius 1 is 1.38 bits per heavy atom. The highest BCUT2D eigenvalue weighted by molar-refractivity contribution is 9.10. The molecule has 0 aliphatic carbocycles. The zero-order valence-electron chi connectivity index (χ0n) is 12.6. The molecule has 1 N–H and O–H groups in total. The van der Waals surface area contributed by atoms with Crippen LogP contribution in [-0.4, -0.2) is 43.5 Å². The van der Waals surface area contributed by atoms with E-state index in [0.29, 0.717) is 13.2 Å². The summed E-state index contributed by atoms with van der Waals surface area (Å²) in [5.74, 6) is -0.364. The van der Waals surface area contributed by atoms with Crippen molar-refractivity contribution in [2.24, 2.45) is 0 Å². The molecule has 1 amide bonds. The van der Waals surface area contributed by atoms with Gasteiger partial charge in [0.1, 0.15) is 0 Å². The highest BCUT2D eigenvalue weighted by atomic mass is 79.9. The number of rotatable bonds is 7. The van der Waals surface area contributed by atoms with E-state index in [1.807, 2.05) is 25.1 Å². The van der Waals surface area contributed by atoms with Crippen molar-refractivity contribution in [1.29, 1.82) is 0 Å². The van der Waals surface area contributed by atoms with E-state index in [4.69, 9.17) is 4.74 Å². The van der Waals surface area contributed by atoms with Crippen LogP contribution in [-0.2, 0) is 14.3 Å². The number of ether oxygens (including phenoxy) is 1. The predicted octanol–water partition coefficient (Wildman–Crippen LogP) is 2.58. The fourth-order valence-electron chi connectivity index (χ4n) is 1.75. The lowest BCUT2D eigenvalue weighted by atomic mass is 10.2. The van der Waals surface area contributed by atoms with Gasteiger partial charge in [-0.2, -0.15) is 0 Å². The number of hydrogen-bond donors (Lipinski definition) is 1. The summed E-state index contributed by atoms with van der Waals surface area (Å²) in [6, 6.07) is 5.74. The predicted molar refractivity (Wildman–Crippen MR) is 86.3 cm³/mol. The molecule has 116 valence electrons. The second-order valence-electron chi connectivity index (χ2n) is 4.82. The molecule has 21 heavy (non-hydrogen) atoms. The second-order valence-corrected chi connectivity index (χ2v) is 5.68. The molecule has 0 aliphatic heterocycles. The molecule has 0 aromatic heterocycles. The van der Waals surface area contributed by atoms with Gasteiger partial charge in [-0.1, -0.05) is 6.07 Å². The summed E-state index contributed by atoms with van der Waals surface area (Å²) < 4.78 is 5.70.